The third-order valence-electron chi connectivity index (χ3n) is 4.29. The molecule has 0 saturated carbocycles. The van der Waals surface area contributed by atoms with E-state index < -0.39 is 0 Å². The Hall–Kier alpha value is -0.610. The normalized spacial score (nSPS) is 25.3. The molecule has 17 heavy (non-hydrogen) atoms. The van der Waals surface area contributed by atoms with E-state index in [1.165, 1.54) is 0 Å². The Bertz CT molecular complexity index is 268. The quantitative estimate of drug-likeness (QED) is 0.749. The summed E-state index contributed by atoms with van der Waals surface area (Å²) in [7, 11) is 4.08. The molecule has 1 fully saturated rings. The molecular formula is C13H27N3O. The van der Waals surface area contributed by atoms with Gasteiger partial charge in [0.2, 0.25) is 5.91 Å². The van der Waals surface area contributed by atoms with Crippen molar-refractivity contribution in [3.63, 3.8) is 0 Å². The van der Waals surface area contributed by atoms with Gasteiger partial charge >= 0.3 is 0 Å². The van der Waals surface area contributed by atoms with E-state index >= 15 is 0 Å². The second-order valence-electron chi connectivity index (χ2n) is 5.95. The summed E-state index contributed by atoms with van der Waals surface area (Å²) < 4.78 is 0. The minimum Gasteiger partial charge on any atom is -0.354 e. The van der Waals surface area contributed by atoms with Crippen molar-refractivity contribution in [3.05, 3.63) is 0 Å². The summed E-state index contributed by atoms with van der Waals surface area (Å²) >= 11 is 0. The predicted octanol–water partition coefficient (Wildman–Crippen LogP) is 0.833. The molecular weight excluding hydrogens is 214 g/mol. The smallest absolute Gasteiger partial charge is 0.227 e. The Morgan fingerprint density at radius 3 is 2.53 bits per heavy atom. The molecule has 1 amide bonds. The molecule has 100 valence electrons. The molecule has 0 spiro atoms. The maximum Gasteiger partial charge on any atom is 0.227 e. The standard InChI is InChI=1S/C13H27N3O/c1-6-13(7-8-14-10-13)11(17)15-9-12(2,3)16(4)5/h14H,6-10H2,1-5H3,(H,15,17). The summed E-state index contributed by atoms with van der Waals surface area (Å²) in [6, 6.07) is 0. The number of hydrogen-bond donors (Lipinski definition) is 2. The SMILES string of the molecule is CCC1(C(=O)NCC(C)(C)N(C)C)CCNC1. The molecule has 0 aromatic rings. The van der Waals surface area contributed by atoms with Gasteiger partial charge in [-0.25, -0.2) is 0 Å². The van der Waals surface area contributed by atoms with E-state index in [0.717, 1.165) is 25.9 Å². The number of amides is 1. The third kappa shape index (κ3) is 3.19. The zero-order valence-corrected chi connectivity index (χ0v) is 11.9. The lowest BCUT2D eigenvalue weighted by atomic mass is 9.83. The van der Waals surface area contributed by atoms with Crippen molar-refractivity contribution in [2.24, 2.45) is 5.41 Å². The molecule has 1 aliphatic rings. The monoisotopic (exact) mass is 241 g/mol. The minimum absolute atomic E-state index is 0.00335. The molecule has 1 saturated heterocycles. The molecule has 4 heteroatoms. The summed E-state index contributed by atoms with van der Waals surface area (Å²) in [4.78, 5) is 14.4. The van der Waals surface area contributed by atoms with E-state index in [0.29, 0.717) is 6.54 Å². The first-order valence-electron chi connectivity index (χ1n) is 6.50. The van der Waals surface area contributed by atoms with Crippen LogP contribution in [0.3, 0.4) is 0 Å². The van der Waals surface area contributed by atoms with Gasteiger partial charge in [0, 0.05) is 18.6 Å². The number of carbonyl (C=O) groups is 1. The van der Waals surface area contributed by atoms with Crippen molar-refractivity contribution in [3.8, 4) is 0 Å². The Kier molecular flexibility index (Phi) is 4.55. The topological polar surface area (TPSA) is 44.4 Å². The highest BCUT2D eigenvalue weighted by molar-refractivity contribution is 5.83. The van der Waals surface area contributed by atoms with Crippen molar-refractivity contribution < 1.29 is 4.79 Å². The van der Waals surface area contributed by atoms with E-state index in [1.54, 1.807) is 0 Å². The molecule has 4 nitrogen and oxygen atoms in total. The van der Waals surface area contributed by atoms with Crippen LogP contribution < -0.4 is 10.6 Å². The fraction of sp³-hybridized carbons (Fsp3) is 0.923. The van der Waals surface area contributed by atoms with E-state index in [1.807, 2.05) is 14.1 Å². The van der Waals surface area contributed by atoms with Crippen molar-refractivity contribution in [2.45, 2.75) is 39.2 Å². The van der Waals surface area contributed by atoms with Crippen molar-refractivity contribution >= 4 is 5.91 Å². The lowest BCUT2D eigenvalue weighted by Gasteiger charge is -2.34. The number of rotatable bonds is 5. The average Bonchev–Trinajstić information content (AvgIpc) is 2.75. The highest BCUT2D eigenvalue weighted by Gasteiger charge is 2.39. The van der Waals surface area contributed by atoms with Crippen LogP contribution in [0.2, 0.25) is 0 Å². The fourth-order valence-corrected chi connectivity index (χ4v) is 2.04. The molecule has 0 aromatic heterocycles. The molecule has 1 rings (SSSR count). The van der Waals surface area contributed by atoms with Crippen LogP contribution in [0, 0.1) is 5.41 Å². The number of carbonyl (C=O) groups excluding carboxylic acids is 1. The van der Waals surface area contributed by atoms with Gasteiger partial charge in [0.05, 0.1) is 5.41 Å². The van der Waals surface area contributed by atoms with Crippen LogP contribution in [-0.4, -0.2) is 50.1 Å². The van der Waals surface area contributed by atoms with Crippen molar-refractivity contribution in [1.82, 2.24) is 15.5 Å². The van der Waals surface area contributed by atoms with Crippen molar-refractivity contribution in [1.29, 1.82) is 0 Å². The third-order valence-corrected chi connectivity index (χ3v) is 4.29. The molecule has 1 aliphatic heterocycles. The van der Waals surface area contributed by atoms with E-state index in [2.05, 4.69) is 36.3 Å². The predicted molar refractivity (Wildman–Crippen MR) is 71.0 cm³/mol. The Balaban J connectivity index is 2.54. The Morgan fingerprint density at radius 1 is 1.47 bits per heavy atom. The Labute approximate surface area is 105 Å². The van der Waals surface area contributed by atoms with Crippen LogP contribution in [0.1, 0.15) is 33.6 Å². The molecule has 1 unspecified atom stereocenters. The lowest BCUT2D eigenvalue weighted by molar-refractivity contribution is -0.130. The highest BCUT2D eigenvalue weighted by atomic mass is 16.2. The van der Waals surface area contributed by atoms with Gasteiger partial charge in [0.1, 0.15) is 0 Å². The summed E-state index contributed by atoms with van der Waals surface area (Å²) in [6.45, 7) is 8.85. The second kappa shape index (κ2) is 5.36. The van der Waals surface area contributed by atoms with E-state index in [-0.39, 0.29) is 16.9 Å². The largest absolute Gasteiger partial charge is 0.354 e. The van der Waals surface area contributed by atoms with Gasteiger partial charge in [-0.2, -0.15) is 0 Å². The second-order valence-corrected chi connectivity index (χ2v) is 5.95. The summed E-state index contributed by atoms with van der Waals surface area (Å²) in [6.07, 6.45) is 1.87. The highest BCUT2D eigenvalue weighted by Crippen LogP contribution is 2.29. The van der Waals surface area contributed by atoms with Crippen LogP contribution in [0.15, 0.2) is 0 Å². The Morgan fingerprint density at radius 2 is 2.12 bits per heavy atom. The van der Waals surface area contributed by atoms with Crippen molar-refractivity contribution in [2.75, 3.05) is 33.7 Å². The zero-order chi connectivity index (χ0) is 13.1. The number of hydrogen-bond acceptors (Lipinski definition) is 3. The van der Waals surface area contributed by atoms with Gasteiger partial charge in [-0.05, 0) is 47.3 Å². The van der Waals surface area contributed by atoms with Crippen LogP contribution in [0.5, 0.6) is 0 Å². The van der Waals surface area contributed by atoms with Crippen LogP contribution in [0.25, 0.3) is 0 Å². The maximum atomic E-state index is 12.3. The average molecular weight is 241 g/mol. The summed E-state index contributed by atoms with van der Waals surface area (Å²) in [5.74, 6) is 0.208. The van der Waals surface area contributed by atoms with Gasteiger partial charge in [-0.15, -0.1) is 0 Å². The van der Waals surface area contributed by atoms with Gasteiger partial charge in [-0.1, -0.05) is 6.92 Å². The molecule has 0 bridgehead atoms. The van der Waals surface area contributed by atoms with Crippen LogP contribution in [0.4, 0.5) is 0 Å². The van der Waals surface area contributed by atoms with Gasteiger partial charge < -0.3 is 15.5 Å². The van der Waals surface area contributed by atoms with Gasteiger partial charge in [0.25, 0.3) is 0 Å². The summed E-state index contributed by atoms with van der Waals surface area (Å²) in [5, 5.41) is 6.41. The molecule has 1 atom stereocenters. The first-order valence-corrected chi connectivity index (χ1v) is 6.50. The van der Waals surface area contributed by atoms with Crippen LogP contribution in [-0.2, 0) is 4.79 Å². The molecule has 2 N–H and O–H groups in total. The number of nitrogens with one attached hydrogen (secondary N) is 2. The lowest BCUT2D eigenvalue weighted by Crippen LogP contribution is -2.51. The van der Waals surface area contributed by atoms with Crippen LogP contribution >= 0.6 is 0 Å². The molecule has 0 aliphatic carbocycles. The number of nitrogens with zero attached hydrogens (tertiary/aromatic N) is 1. The van der Waals surface area contributed by atoms with E-state index in [4.69, 9.17) is 0 Å². The molecule has 1 heterocycles. The summed E-state index contributed by atoms with van der Waals surface area (Å²) in [5.41, 5.74) is -0.182. The first-order chi connectivity index (χ1) is 7.84. The first kappa shape index (κ1) is 14.5. The maximum absolute atomic E-state index is 12.3. The molecule has 0 radical (unpaired) electrons. The zero-order valence-electron chi connectivity index (χ0n) is 11.9. The molecule has 0 aromatic carbocycles. The number of likely N-dealkylation sites (N-methyl/N-ethyl adjacent to an activating group) is 1. The van der Waals surface area contributed by atoms with E-state index in [9.17, 15) is 4.79 Å². The minimum atomic E-state index is -0.178. The fourth-order valence-electron chi connectivity index (χ4n) is 2.04. The van der Waals surface area contributed by atoms with Gasteiger partial charge in [0.15, 0.2) is 0 Å². The van der Waals surface area contributed by atoms with Gasteiger partial charge in [-0.3, -0.25) is 4.79 Å².